The van der Waals surface area contributed by atoms with Gasteiger partial charge in [-0.2, -0.15) is 4.98 Å². The summed E-state index contributed by atoms with van der Waals surface area (Å²) < 4.78 is 4.78. The van der Waals surface area contributed by atoms with Gasteiger partial charge in [0.25, 0.3) is 5.88 Å². The highest BCUT2D eigenvalue weighted by molar-refractivity contribution is 5.61. The summed E-state index contributed by atoms with van der Waals surface area (Å²) in [6.07, 6.45) is 1.19. The van der Waals surface area contributed by atoms with Gasteiger partial charge in [-0.15, -0.1) is 5.92 Å². The highest BCUT2D eigenvalue weighted by atomic mass is 16.6. The van der Waals surface area contributed by atoms with Crippen molar-refractivity contribution in [3.63, 3.8) is 0 Å². The average Bonchev–Trinajstić information content (AvgIpc) is 2.28. The van der Waals surface area contributed by atoms with Crippen molar-refractivity contribution in [2.45, 2.75) is 6.92 Å². The molecule has 0 aromatic carbocycles. The molecule has 1 heterocycles. The number of nitro groups is 1. The van der Waals surface area contributed by atoms with Crippen LogP contribution < -0.4 is 10.1 Å². The molecule has 0 radical (unpaired) electrons. The molecule has 7 nitrogen and oxygen atoms in total. The van der Waals surface area contributed by atoms with Gasteiger partial charge in [0.2, 0.25) is 5.82 Å². The monoisotopic (exact) mass is 222 g/mol. The van der Waals surface area contributed by atoms with E-state index < -0.39 is 4.92 Å². The first-order valence-corrected chi connectivity index (χ1v) is 4.37. The predicted molar refractivity (Wildman–Crippen MR) is 57.2 cm³/mol. The van der Waals surface area contributed by atoms with E-state index in [0.717, 1.165) is 0 Å². The van der Waals surface area contributed by atoms with E-state index in [4.69, 9.17) is 4.74 Å². The quantitative estimate of drug-likeness (QED) is 0.461. The van der Waals surface area contributed by atoms with E-state index in [-0.39, 0.29) is 23.9 Å². The lowest BCUT2D eigenvalue weighted by molar-refractivity contribution is -0.385. The Hall–Kier alpha value is -2.36. The Kier molecular flexibility index (Phi) is 4.03. The SMILES string of the molecule is CC#CCNc1ncnc(OC)c1[N+](=O)[O-]. The molecule has 0 amide bonds. The molecule has 16 heavy (non-hydrogen) atoms. The summed E-state index contributed by atoms with van der Waals surface area (Å²) >= 11 is 0. The number of ether oxygens (including phenoxy) is 1. The minimum Gasteiger partial charge on any atom is -0.476 e. The topological polar surface area (TPSA) is 90.2 Å². The number of nitrogens with zero attached hydrogens (tertiary/aromatic N) is 3. The van der Waals surface area contributed by atoms with Gasteiger partial charge in [0, 0.05) is 0 Å². The van der Waals surface area contributed by atoms with Crippen LogP contribution in [0.5, 0.6) is 5.88 Å². The fraction of sp³-hybridized carbons (Fsp3) is 0.333. The second kappa shape index (κ2) is 5.50. The van der Waals surface area contributed by atoms with Gasteiger partial charge < -0.3 is 10.1 Å². The maximum atomic E-state index is 10.8. The third-order valence-corrected chi connectivity index (χ3v) is 1.69. The van der Waals surface area contributed by atoms with E-state index in [1.807, 2.05) is 0 Å². The maximum absolute atomic E-state index is 10.8. The van der Waals surface area contributed by atoms with Crippen LogP contribution in [0, 0.1) is 22.0 Å². The molecule has 1 aromatic rings. The highest BCUT2D eigenvalue weighted by Gasteiger charge is 2.23. The van der Waals surface area contributed by atoms with Crippen LogP contribution in [0.4, 0.5) is 11.5 Å². The van der Waals surface area contributed by atoms with E-state index >= 15 is 0 Å². The van der Waals surface area contributed by atoms with Crippen LogP contribution in [-0.4, -0.2) is 28.5 Å². The van der Waals surface area contributed by atoms with Gasteiger partial charge in [-0.25, -0.2) is 4.98 Å². The van der Waals surface area contributed by atoms with Crippen molar-refractivity contribution in [3.05, 3.63) is 16.4 Å². The summed E-state index contributed by atoms with van der Waals surface area (Å²) in [6.45, 7) is 1.95. The first-order chi connectivity index (χ1) is 7.70. The molecule has 0 saturated heterocycles. The Balaban J connectivity index is 3.05. The number of hydrogen-bond acceptors (Lipinski definition) is 6. The zero-order valence-corrected chi connectivity index (χ0v) is 8.85. The zero-order chi connectivity index (χ0) is 12.0. The van der Waals surface area contributed by atoms with Gasteiger partial charge in [0.05, 0.1) is 18.6 Å². The number of hydrogen-bond donors (Lipinski definition) is 1. The number of anilines is 1. The van der Waals surface area contributed by atoms with E-state index in [1.54, 1.807) is 6.92 Å². The summed E-state index contributed by atoms with van der Waals surface area (Å²) in [6, 6.07) is 0. The molecule has 0 atom stereocenters. The molecule has 0 aliphatic rings. The van der Waals surface area contributed by atoms with Gasteiger partial charge in [0.15, 0.2) is 0 Å². The lowest BCUT2D eigenvalue weighted by Crippen LogP contribution is -2.07. The summed E-state index contributed by atoms with van der Waals surface area (Å²) in [7, 11) is 1.31. The molecule has 84 valence electrons. The van der Waals surface area contributed by atoms with Crippen molar-refractivity contribution >= 4 is 11.5 Å². The van der Waals surface area contributed by atoms with E-state index in [2.05, 4.69) is 27.1 Å². The lowest BCUT2D eigenvalue weighted by Gasteiger charge is -2.04. The Labute approximate surface area is 92.0 Å². The molecular weight excluding hydrogens is 212 g/mol. The van der Waals surface area contributed by atoms with Crippen LogP contribution in [0.3, 0.4) is 0 Å². The third-order valence-electron chi connectivity index (χ3n) is 1.69. The molecule has 0 saturated carbocycles. The van der Waals surface area contributed by atoms with Gasteiger partial charge in [0.1, 0.15) is 6.33 Å². The van der Waals surface area contributed by atoms with Crippen molar-refractivity contribution in [3.8, 4) is 17.7 Å². The summed E-state index contributed by atoms with van der Waals surface area (Å²) in [5.41, 5.74) is -0.289. The third kappa shape index (κ3) is 2.57. The number of methoxy groups -OCH3 is 1. The zero-order valence-electron chi connectivity index (χ0n) is 8.85. The van der Waals surface area contributed by atoms with Crippen LogP contribution in [0.1, 0.15) is 6.92 Å². The highest BCUT2D eigenvalue weighted by Crippen LogP contribution is 2.29. The summed E-state index contributed by atoms with van der Waals surface area (Å²) in [5, 5.41) is 13.5. The van der Waals surface area contributed by atoms with Gasteiger partial charge in [-0.05, 0) is 6.92 Å². The molecule has 0 aliphatic carbocycles. The van der Waals surface area contributed by atoms with Crippen LogP contribution in [0.25, 0.3) is 0 Å². The normalized spacial score (nSPS) is 8.88. The number of rotatable bonds is 4. The maximum Gasteiger partial charge on any atom is 0.372 e. The minimum atomic E-state index is -0.597. The fourth-order valence-corrected chi connectivity index (χ4v) is 1.02. The van der Waals surface area contributed by atoms with Crippen molar-refractivity contribution in [2.24, 2.45) is 0 Å². The summed E-state index contributed by atoms with van der Waals surface area (Å²) in [5.74, 6) is 5.39. The van der Waals surface area contributed by atoms with Crippen LogP contribution in [0.2, 0.25) is 0 Å². The van der Waals surface area contributed by atoms with Crippen LogP contribution in [-0.2, 0) is 0 Å². The Morgan fingerprint density at radius 2 is 2.38 bits per heavy atom. The van der Waals surface area contributed by atoms with Crippen LogP contribution in [0.15, 0.2) is 6.33 Å². The van der Waals surface area contributed by atoms with Crippen molar-refractivity contribution in [1.29, 1.82) is 0 Å². The molecule has 0 spiro atoms. The molecular formula is C9H10N4O3. The standard InChI is InChI=1S/C9H10N4O3/c1-3-4-5-10-8-7(13(14)15)9(16-2)12-6-11-8/h6H,5H2,1-2H3,(H,10,11,12). The fourth-order valence-electron chi connectivity index (χ4n) is 1.02. The second-order valence-corrected chi connectivity index (χ2v) is 2.62. The van der Waals surface area contributed by atoms with Crippen LogP contribution >= 0.6 is 0 Å². The lowest BCUT2D eigenvalue weighted by atomic mass is 10.4. The van der Waals surface area contributed by atoms with Crippen molar-refractivity contribution in [2.75, 3.05) is 19.0 Å². The summed E-state index contributed by atoms with van der Waals surface area (Å²) in [4.78, 5) is 17.6. The number of nitrogens with one attached hydrogen (secondary N) is 1. The smallest absolute Gasteiger partial charge is 0.372 e. The van der Waals surface area contributed by atoms with Gasteiger partial charge in [-0.3, -0.25) is 10.1 Å². The first kappa shape index (κ1) is 11.7. The molecule has 0 aliphatic heterocycles. The average molecular weight is 222 g/mol. The largest absolute Gasteiger partial charge is 0.476 e. The van der Waals surface area contributed by atoms with Gasteiger partial charge >= 0.3 is 5.69 Å². The van der Waals surface area contributed by atoms with E-state index in [1.165, 1.54) is 13.4 Å². The van der Waals surface area contributed by atoms with Crippen molar-refractivity contribution < 1.29 is 9.66 Å². The minimum absolute atomic E-state index is 0.0769. The molecule has 1 N–H and O–H groups in total. The molecule has 0 fully saturated rings. The molecule has 0 unspecified atom stereocenters. The number of aromatic nitrogens is 2. The second-order valence-electron chi connectivity index (χ2n) is 2.62. The molecule has 1 aromatic heterocycles. The first-order valence-electron chi connectivity index (χ1n) is 4.37. The van der Waals surface area contributed by atoms with Gasteiger partial charge in [-0.1, -0.05) is 5.92 Å². The Bertz CT molecular complexity index is 450. The van der Waals surface area contributed by atoms with E-state index in [0.29, 0.717) is 0 Å². The van der Waals surface area contributed by atoms with Crippen molar-refractivity contribution in [1.82, 2.24) is 9.97 Å². The van der Waals surface area contributed by atoms with E-state index in [9.17, 15) is 10.1 Å². The molecule has 0 bridgehead atoms. The molecule has 1 rings (SSSR count). The predicted octanol–water partition coefficient (Wildman–Crippen LogP) is 0.829. The Morgan fingerprint density at radius 3 is 2.94 bits per heavy atom. The Morgan fingerprint density at radius 1 is 1.62 bits per heavy atom. The molecule has 7 heteroatoms.